The van der Waals surface area contributed by atoms with Gasteiger partial charge in [0.05, 0.1) is 11.1 Å². The van der Waals surface area contributed by atoms with Crippen molar-refractivity contribution in [3.05, 3.63) is 29.8 Å². The first-order valence-corrected chi connectivity index (χ1v) is 8.96. The van der Waals surface area contributed by atoms with E-state index in [2.05, 4.69) is 27.0 Å². The molecule has 0 aliphatic carbocycles. The Morgan fingerprint density at radius 3 is 2.59 bits per heavy atom. The second-order valence-corrected chi connectivity index (χ2v) is 6.47. The highest BCUT2D eigenvalue weighted by molar-refractivity contribution is 6.05. The van der Waals surface area contributed by atoms with E-state index in [1.807, 2.05) is 0 Å². The van der Waals surface area contributed by atoms with Crippen LogP contribution < -0.4 is 10.2 Å². The Morgan fingerprint density at radius 1 is 1.22 bits per heavy atom. The summed E-state index contributed by atoms with van der Waals surface area (Å²) in [4.78, 5) is 32.6. The van der Waals surface area contributed by atoms with Crippen LogP contribution in [-0.2, 0) is 9.53 Å². The molecule has 0 spiro atoms. The van der Waals surface area contributed by atoms with Crippen molar-refractivity contribution in [3.63, 3.8) is 0 Å². The Morgan fingerprint density at radius 2 is 1.96 bits per heavy atom. The molecular formula is C19H24N4O4. The van der Waals surface area contributed by atoms with E-state index in [4.69, 9.17) is 4.74 Å². The number of nitrogens with zero attached hydrogens (tertiary/aromatic N) is 3. The number of carboxylic acid groups (broad SMARTS) is 1. The highest BCUT2D eigenvalue weighted by Gasteiger charge is 2.20. The third-order valence-corrected chi connectivity index (χ3v) is 4.73. The zero-order valence-electron chi connectivity index (χ0n) is 15.6. The van der Waals surface area contributed by atoms with Gasteiger partial charge in [-0.3, -0.25) is 4.79 Å². The van der Waals surface area contributed by atoms with Gasteiger partial charge in [-0.05, 0) is 30.8 Å². The second kappa shape index (κ2) is 8.32. The largest absolute Gasteiger partial charge is 0.478 e. The van der Waals surface area contributed by atoms with Gasteiger partial charge in [0.1, 0.15) is 12.4 Å². The minimum Gasteiger partial charge on any atom is -0.478 e. The van der Waals surface area contributed by atoms with Gasteiger partial charge in [0.25, 0.3) is 0 Å². The summed E-state index contributed by atoms with van der Waals surface area (Å²) in [5.41, 5.74) is 1.28. The number of aromatic nitrogens is 1. The number of rotatable bonds is 6. The number of hydrogen-bond donors (Lipinski definition) is 2. The number of amides is 1. The van der Waals surface area contributed by atoms with Crippen molar-refractivity contribution in [1.29, 1.82) is 0 Å². The quantitative estimate of drug-likeness (QED) is 0.796. The molecule has 0 radical (unpaired) electrons. The van der Waals surface area contributed by atoms with Gasteiger partial charge >= 0.3 is 5.97 Å². The van der Waals surface area contributed by atoms with E-state index in [-0.39, 0.29) is 18.1 Å². The summed E-state index contributed by atoms with van der Waals surface area (Å²) in [5, 5.41) is 12.9. The molecule has 1 aromatic carbocycles. The molecule has 0 unspecified atom stereocenters. The monoisotopic (exact) mass is 372 g/mol. The van der Waals surface area contributed by atoms with Crippen LogP contribution in [0.25, 0.3) is 10.9 Å². The zero-order valence-corrected chi connectivity index (χ0v) is 15.6. The number of carbonyl (C=O) groups excluding carboxylic acids is 1. The van der Waals surface area contributed by atoms with Crippen LogP contribution in [-0.4, -0.2) is 73.3 Å². The summed E-state index contributed by atoms with van der Waals surface area (Å²) in [7, 11) is 1.44. The van der Waals surface area contributed by atoms with Crippen LogP contribution in [0.15, 0.2) is 24.3 Å². The zero-order chi connectivity index (χ0) is 19.4. The molecule has 8 nitrogen and oxygen atoms in total. The van der Waals surface area contributed by atoms with E-state index in [0.717, 1.165) is 32.7 Å². The molecule has 0 saturated carbocycles. The van der Waals surface area contributed by atoms with Gasteiger partial charge in [-0.25, -0.2) is 9.78 Å². The molecular weight excluding hydrogens is 348 g/mol. The first-order valence-electron chi connectivity index (χ1n) is 8.96. The third-order valence-electron chi connectivity index (χ3n) is 4.73. The van der Waals surface area contributed by atoms with Crippen molar-refractivity contribution in [2.45, 2.75) is 6.92 Å². The van der Waals surface area contributed by atoms with Crippen LogP contribution in [0.1, 0.15) is 17.3 Å². The molecule has 2 heterocycles. The summed E-state index contributed by atoms with van der Waals surface area (Å²) in [6.07, 6.45) is 0. The topological polar surface area (TPSA) is 95.0 Å². The SMILES string of the molecule is CCN1CCN(c2cc(C(=O)O)c3cc(NC(=O)COC)ccc3n2)CC1. The summed E-state index contributed by atoms with van der Waals surface area (Å²) in [6.45, 7) is 6.58. The van der Waals surface area contributed by atoms with Crippen LogP contribution in [0, 0.1) is 0 Å². The molecule has 1 aromatic heterocycles. The highest BCUT2D eigenvalue weighted by atomic mass is 16.5. The van der Waals surface area contributed by atoms with E-state index in [9.17, 15) is 14.7 Å². The fraction of sp³-hybridized carbons (Fsp3) is 0.421. The Balaban J connectivity index is 1.93. The molecule has 2 aromatic rings. The number of piperazine rings is 1. The minimum atomic E-state index is -1.02. The van der Waals surface area contributed by atoms with Crippen molar-refractivity contribution in [2.24, 2.45) is 0 Å². The van der Waals surface area contributed by atoms with Crippen LogP contribution in [0.5, 0.6) is 0 Å². The van der Waals surface area contributed by atoms with Crippen molar-refractivity contribution < 1.29 is 19.4 Å². The van der Waals surface area contributed by atoms with Gasteiger partial charge in [0.15, 0.2) is 0 Å². The maximum atomic E-state index is 11.8. The van der Waals surface area contributed by atoms with E-state index in [0.29, 0.717) is 22.4 Å². The lowest BCUT2D eigenvalue weighted by atomic mass is 10.1. The number of carboxylic acids is 1. The number of aromatic carboxylic acids is 1. The first-order chi connectivity index (χ1) is 13.0. The number of ether oxygens (including phenoxy) is 1. The number of nitrogens with one attached hydrogen (secondary N) is 1. The summed E-state index contributed by atoms with van der Waals surface area (Å²) >= 11 is 0. The molecule has 27 heavy (non-hydrogen) atoms. The summed E-state index contributed by atoms with van der Waals surface area (Å²) < 4.78 is 4.80. The number of benzene rings is 1. The summed E-state index contributed by atoms with van der Waals surface area (Å²) in [6, 6.07) is 6.70. The van der Waals surface area contributed by atoms with Crippen LogP contribution >= 0.6 is 0 Å². The van der Waals surface area contributed by atoms with E-state index in [1.54, 1.807) is 24.3 Å². The van der Waals surface area contributed by atoms with Gasteiger partial charge in [-0.15, -0.1) is 0 Å². The Hall–Kier alpha value is -2.71. The fourth-order valence-corrected chi connectivity index (χ4v) is 3.25. The lowest BCUT2D eigenvalue weighted by Crippen LogP contribution is -2.46. The first kappa shape index (κ1) is 19.1. The number of hydrogen-bond acceptors (Lipinski definition) is 6. The number of pyridine rings is 1. The molecule has 0 bridgehead atoms. The fourth-order valence-electron chi connectivity index (χ4n) is 3.25. The third kappa shape index (κ3) is 4.35. The molecule has 1 fully saturated rings. The molecule has 144 valence electrons. The van der Waals surface area contributed by atoms with Crippen molar-refractivity contribution in [1.82, 2.24) is 9.88 Å². The number of likely N-dealkylation sites (N-methyl/N-ethyl adjacent to an activating group) is 1. The highest BCUT2D eigenvalue weighted by Crippen LogP contribution is 2.26. The van der Waals surface area contributed by atoms with Crippen molar-refractivity contribution >= 4 is 34.3 Å². The van der Waals surface area contributed by atoms with E-state index in [1.165, 1.54) is 7.11 Å². The average Bonchev–Trinajstić information content (AvgIpc) is 2.67. The normalized spacial score (nSPS) is 15.1. The lowest BCUT2D eigenvalue weighted by molar-refractivity contribution is -0.119. The Labute approximate surface area is 157 Å². The molecule has 1 amide bonds. The predicted octanol–water partition coefficient (Wildman–Crippen LogP) is 1.66. The van der Waals surface area contributed by atoms with E-state index < -0.39 is 5.97 Å². The number of fused-ring (bicyclic) bond motifs is 1. The lowest BCUT2D eigenvalue weighted by Gasteiger charge is -2.35. The molecule has 3 rings (SSSR count). The second-order valence-electron chi connectivity index (χ2n) is 6.47. The maximum Gasteiger partial charge on any atom is 0.336 e. The van der Waals surface area contributed by atoms with Crippen LogP contribution in [0.3, 0.4) is 0 Å². The Kier molecular flexibility index (Phi) is 5.88. The maximum absolute atomic E-state index is 11.8. The predicted molar refractivity (Wildman–Crippen MR) is 104 cm³/mol. The van der Waals surface area contributed by atoms with E-state index >= 15 is 0 Å². The molecule has 1 aliphatic rings. The van der Waals surface area contributed by atoms with Crippen molar-refractivity contribution in [3.8, 4) is 0 Å². The van der Waals surface area contributed by atoms with Crippen LogP contribution in [0.4, 0.5) is 11.5 Å². The number of methoxy groups -OCH3 is 1. The molecule has 1 saturated heterocycles. The smallest absolute Gasteiger partial charge is 0.336 e. The summed E-state index contributed by atoms with van der Waals surface area (Å²) in [5.74, 6) is -0.643. The molecule has 2 N–H and O–H groups in total. The molecule has 1 aliphatic heterocycles. The Bertz CT molecular complexity index is 847. The van der Waals surface area contributed by atoms with Gasteiger partial charge in [-0.2, -0.15) is 0 Å². The molecule has 0 atom stereocenters. The van der Waals surface area contributed by atoms with Gasteiger partial charge in [-0.1, -0.05) is 6.92 Å². The average molecular weight is 372 g/mol. The van der Waals surface area contributed by atoms with Crippen molar-refractivity contribution in [2.75, 3.05) is 56.7 Å². The minimum absolute atomic E-state index is 0.0647. The van der Waals surface area contributed by atoms with Gasteiger partial charge in [0, 0.05) is 44.4 Å². The number of carbonyl (C=O) groups is 2. The standard InChI is InChI=1S/C19H24N4O4/c1-3-22-6-8-23(9-7-22)17-11-15(19(25)26)14-10-13(4-5-16(14)21-17)20-18(24)12-27-2/h4-5,10-11H,3,6-9,12H2,1-2H3,(H,20,24)(H,25,26). The van der Waals surface area contributed by atoms with Gasteiger partial charge < -0.3 is 25.0 Å². The number of anilines is 2. The molecule has 8 heteroatoms. The van der Waals surface area contributed by atoms with Crippen LogP contribution in [0.2, 0.25) is 0 Å². The van der Waals surface area contributed by atoms with Gasteiger partial charge in [0.2, 0.25) is 5.91 Å².